The number of nitrogens with zero attached hydrogens (tertiary/aromatic N) is 1. The van der Waals surface area contributed by atoms with Gasteiger partial charge in [0.05, 0.1) is 17.2 Å². The van der Waals surface area contributed by atoms with Crippen molar-refractivity contribution in [2.24, 2.45) is 0 Å². The number of carboxylic acid groups (broad SMARTS) is 1. The van der Waals surface area contributed by atoms with Crippen molar-refractivity contribution in [1.82, 2.24) is 4.98 Å². The van der Waals surface area contributed by atoms with Crippen molar-refractivity contribution in [3.05, 3.63) is 52.8 Å². The van der Waals surface area contributed by atoms with Crippen LogP contribution < -0.4 is 4.90 Å². The summed E-state index contributed by atoms with van der Waals surface area (Å²) in [6, 6.07) is 7.32. The molecule has 2 aromatic rings. The Morgan fingerprint density at radius 3 is 2.38 bits per heavy atom. The summed E-state index contributed by atoms with van der Waals surface area (Å²) in [6.45, 7) is -0.136. The molecule has 0 aliphatic rings. The lowest BCUT2D eigenvalue weighted by Crippen LogP contribution is -2.33. The van der Waals surface area contributed by atoms with Gasteiger partial charge in [0.2, 0.25) is 0 Å². The number of hydrogen-bond donors (Lipinski definition) is 3. The zero-order valence-corrected chi connectivity index (χ0v) is 11.7. The Bertz CT molecular complexity index is 651. The summed E-state index contributed by atoms with van der Waals surface area (Å²) < 4.78 is 0. The molecular weight excluding hydrogens is 296 g/mol. The van der Waals surface area contributed by atoms with Gasteiger partial charge in [0, 0.05) is 18.4 Å². The molecule has 0 bridgehead atoms. The van der Waals surface area contributed by atoms with Gasteiger partial charge in [0.1, 0.15) is 5.69 Å². The van der Waals surface area contributed by atoms with E-state index in [1.54, 1.807) is 0 Å². The number of aromatic carboxylic acids is 1. The molecule has 1 aromatic heterocycles. The number of halogens is 1. The van der Waals surface area contributed by atoms with Gasteiger partial charge in [-0.1, -0.05) is 11.6 Å². The summed E-state index contributed by atoms with van der Waals surface area (Å²) >= 11 is 5.77. The molecule has 3 N–H and O–H groups in total. The smallest absolute Gasteiger partial charge is 0.335 e. The molecule has 0 atom stereocenters. The largest absolute Gasteiger partial charge is 0.478 e. The van der Waals surface area contributed by atoms with Gasteiger partial charge in [-0.15, -0.1) is 0 Å². The fourth-order valence-corrected chi connectivity index (χ4v) is 2.03. The monoisotopic (exact) mass is 308 g/mol. The van der Waals surface area contributed by atoms with Gasteiger partial charge in [-0.05, 0) is 30.3 Å². The summed E-state index contributed by atoms with van der Waals surface area (Å²) in [7, 11) is 0. The molecule has 1 aromatic carbocycles. The lowest BCUT2D eigenvalue weighted by Gasteiger charge is -2.21. The van der Waals surface area contributed by atoms with Crippen LogP contribution in [0, 0.1) is 0 Å². The maximum absolute atomic E-state index is 12.4. The summed E-state index contributed by atoms with van der Waals surface area (Å²) in [4.78, 5) is 27.3. The number of nitrogens with one attached hydrogen (secondary N) is 1. The molecular formula is C14H13ClN2O4. The number of rotatable bonds is 5. The standard InChI is InChI=1S/C14H13ClN2O4/c15-10-7-12(16-8-10)13(19)17(5-6-18)11-3-1-9(2-4-11)14(20)21/h1-4,7-8,16,18H,5-6H2,(H,20,21). The van der Waals surface area contributed by atoms with Crippen molar-refractivity contribution in [1.29, 1.82) is 0 Å². The van der Waals surface area contributed by atoms with Gasteiger partial charge in [0.15, 0.2) is 0 Å². The first-order chi connectivity index (χ1) is 10.0. The Hall–Kier alpha value is -2.31. The third kappa shape index (κ3) is 3.42. The molecule has 0 unspecified atom stereocenters. The van der Waals surface area contributed by atoms with Crippen LogP contribution in [0.15, 0.2) is 36.5 Å². The van der Waals surface area contributed by atoms with Gasteiger partial charge in [-0.3, -0.25) is 4.79 Å². The number of H-pyrrole nitrogens is 1. The highest BCUT2D eigenvalue weighted by Gasteiger charge is 2.19. The Kier molecular flexibility index (Phi) is 4.62. The maximum Gasteiger partial charge on any atom is 0.335 e. The predicted octanol–water partition coefficient (Wildman–Crippen LogP) is 2.01. The first-order valence-corrected chi connectivity index (χ1v) is 6.50. The number of aromatic nitrogens is 1. The number of hydrogen-bond acceptors (Lipinski definition) is 3. The zero-order chi connectivity index (χ0) is 15.4. The van der Waals surface area contributed by atoms with Crippen LogP contribution in [-0.2, 0) is 0 Å². The second-order valence-electron chi connectivity index (χ2n) is 4.26. The molecule has 110 valence electrons. The topological polar surface area (TPSA) is 93.6 Å². The average Bonchev–Trinajstić information content (AvgIpc) is 2.91. The second-order valence-corrected chi connectivity index (χ2v) is 4.70. The molecule has 21 heavy (non-hydrogen) atoms. The summed E-state index contributed by atoms with van der Waals surface area (Å²) in [5, 5.41) is 18.4. The minimum atomic E-state index is -1.04. The quantitative estimate of drug-likeness (QED) is 0.787. The molecule has 0 spiro atoms. The van der Waals surface area contributed by atoms with E-state index in [1.165, 1.54) is 41.4 Å². The van der Waals surface area contributed by atoms with E-state index in [1.807, 2.05) is 0 Å². The van der Waals surface area contributed by atoms with Crippen molar-refractivity contribution in [2.45, 2.75) is 0 Å². The van der Waals surface area contributed by atoms with E-state index < -0.39 is 5.97 Å². The van der Waals surface area contributed by atoms with E-state index in [0.717, 1.165) is 0 Å². The van der Waals surface area contributed by atoms with E-state index in [9.17, 15) is 9.59 Å². The van der Waals surface area contributed by atoms with Crippen molar-refractivity contribution in [3.8, 4) is 0 Å². The van der Waals surface area contributed by atoms with E-state index in [4.69, 9.17) is 21.8 Å². The van der Waals surface area contributed by atoms with Gasteiger partial charge in [0.25, 0.3) is 5.91 Å². The molecule has 0 radical (unpaired) electrons. The van der Waals surface area contributed by atoms with Crippen LogP contribution in [0.2, 0.25) is 5.02 Å². The predicted molar refractivity (Wildman–Crippen MR) is 78.0 cm³/mol. The molecule has 0 fully saturated rings. The average molecular weight is 309 g/mol. The number of amides is 1. The van der Waals surface area contributed by atoms with E-state index >= 15 is 0 Å². The number of carbonyl (C=O) groups excluding carboxylic acids is 1. The van der Waals surface area contributed by atoms with Crippen LogP contribution in [0.5, 0.6) is 0 Å². The van der Waals surface area contributed by atoms with Crippen molar-refractivity contribution in [2.75, 3.05) is 18.1 Å². The van der Waals surface area contributed by atoms with Crippen LogP contribution in [0.25, 0.3) is 0 Å². The molecule has 7 heteroatoms. The summed E-state index contributed by atoms with van der Waals surface area (Å²) in [5.41, 5.74) is 0.901. The first-order valence-electron chi connectivity index (χ1n) is 6.13. The summed E-state index contributed by atoms with van der Waals surface area (Å²) in [6.07, 6.45) is 1.49. The number of aliphatic hydroxyl groups is 1. The number of aromatic amines is 1. The Labute approximate surface area is 125 Å². The van der Waals surface area contributed by atoms with Gasteiger partial charge >= 0.3 is 5.97 Å². The second kappa shape index (κ2) is 6.43. The van der Waals surface area contributed by atoms with Crippen molar-refractivity contribution >= 4 is 29.2 Å². The van der Waals surface area contributed by atoms with Gasteiger partial charge < -0.3 is 20.1 Å². The minimum absolute atomic E-state index is 0.0852. The molecule has 0 saturated carbocycles. The minimum Gasteiger partial charge on any atom is -0.478 e. The third-order valence-electron chi connectivity index (χ3n) is 2.87. The van der Waals surface area contributed by atoms with Gasteiger partial charge in [-0.25, -0.2) is 4.79 Å². The van der Waals surface area contributed by atoms with Crippen molar-refractivity contribution < 1.29 is 19.8 Å². The third-order valence-corrected chi connectivity index (χ3v) is 3.09. The molecule has 0 saturated heterocycles. The zero-order valence-electron chi connectivity index (χ0n) is 10.9. The Balaban J connectivity index is 2.29. The molecule has 0 aliphatic carbocycles. The lowest BCUT2D eigenvalue weighted by molar-refractivity contribution is 0.0696. The molecule has 1 amide bonds. The Morgan fingerprint density at radius 2 is 1.90 bits per heavy atom. The molecule has 0 aliphatic heterocycles. The Morgan fingerprint density at radius 1 is 1.24 bits per heavy atom. The first kappa shape index (κ1) is 15.1. The molecule has 6 nitrogen and oxygen atoms in total. The molecule has 1 heterocycles. The van der Waals surface area contributed by atoms with E-state index in [0.29, 0.717) is 10.7 Å². The highest BCUT2D eigenvalue weighted by molar-refractivity contribution is 6.31. The number of anilines is 1. The van der Waals surface area contributed by atoms with Crippen molar-refractivity contribution in [3.63, 3.8) is 0 Å². The number of benzene rings is 1. The maximum atomic E-state index is 12.4. The number of carboxylic acids is 1. The lowest BCUT2D eigenvalue weighted by atomic mass is 10.2. The van der Waals surface area contributed by atoms with Crippen LogP contribution in [0.1, 0.15) is 20.8 Å². The fourth-order valence-electron chi connectivity index (χ4n) is 1.87. The molecule has 2 rings (SSSR count). The van der Waals surface area contributed by atoms with E-state index in [2.05, 4.69) is 4.98 Å². The van der Waals surface area contributed by atoms with Gasteiger partial charge in [-0.2, -0.15) is 0 Å². The van der Waals surface area contributed by atoms with Crippen LogP contribution in [0.3, 0.4) is 0 Å². The fraction of sp³-hybridized carbons (Fsp3) is 0.143. The number of carbonyl (C=O) groups is 2. The van der Waals surface area contributed by atoms with Crippen LogP contribution in [-0.4, -0.2) is 40.2 Å². The number of aliphatic hydroxyl groups excluding tert-OH is 1. The highest BCUT2D eigenvalue weighted by Crippen LogP contribution is 2.19. The highest BCUT2D eigenvalue weighted by atomic mass is 35.5. The van der Waals surface area contributed by atoms with E-state index in [-0.39, 0.29) is 30.3 Å². The van der Waals surface area contributed by atoms with Crippen LogP contribution in [0.4, 0.5) is 5.69 Å². The normalized spacial score (nSPS) is 10.4. The summed E-state index contributed by atoms with van der Waals surface area (Å²) in [5.74, 6) is -1.41. The van der Waals surface area contributed by atoms with Crippen LogP contribution >= 0.6 is 11.6 Å². The SMILES string of the molecule is O=C(O)c1ccc(N(CCO)C(=O)c2cc(Cl)c[nH]2)cc1.